The van der Waals surface area contributed by atoms with Gasteiger partial charge in [0.2, 0.25) is 10.8 Å². The van der Waals surface area contributed by atoms with Crippen LogP contribution in [0.4, 0.5) is 0 Å². The van der Waals surface area contributed by atoms with Crippen molar-refractivity contribution >= 4 is 16.3 Å². The van der Waals surface area contributed by atoms with Crippen LogP contribution in [0.15, 0.2) is 24.5 Å². The highest BCUT2D eigenvalue weighted by Crippen LogP contribution is 2.41. The minimum absolute atomic E-state index is 0.129. The average Bonchev–Trinajstić information content (AvgIpc) is 3.27. The van der Waals surface area contributed by atoms with Crippen molar-refractivity contribution in [2.75, 3.05) is 47.4 Å². The monoisotopic (exact) mass is 389 g/mol. The molecule has 0 bridgehead atoms. The number of benzene rings is 1. The Bertz CT molecular complexity index is 910. The van der Waals surface area contributed by atoms with Gasteiger partial charge in [0.25, 0.3) is 0 Å². The first-order valence-electron chi connectivity index (χ1n) is 8.77. The van der Waals surface area contributed by atoms with Gasteiger partial charge in [0.05, 0.1) is 25.1 Å². The minimum atomic E-state index is -0.129. The first-order chi connectivity index (χ1) is 13.1. The lowest BCUT2D eigenvalue weighted by Gasteiger charge is -2.37. The number of hydrogen-bond donors (Lipinski definition) is 1. The summed E-state index contributed by atoms with van der Waals surface area (Å²) >= 11 is 1.46. The predicted molar refractivity (Wildman–Crippen MR) is 103 cm³/mol. The first kappa shape index (κ1) is 18.0. The van der Waals surface area contributed by atoms with E-state index in [-0.39, 0.29) is 11.9 Å². The third-order valence-corrected chi connectivity index (χ3v) is 6.07. The maximum atomic E-state index is 10.8. The van der Waals surface area contributed by atoms with Gasteiger partial charge >= 0.3 is 0 Å². The van der Waals surface area contributed by atoms with E-state index < -0.39 is 0 Å². The van der Waals surface area contributed by atoms with Crippen LogP contribution in [-0.2, 0) is 0 Å². The zero-order chi connectivity index (χ0) is 19.0. The van der Waals surface area contributed by atoms with E-state index in [4.69, 9.17) is 9.47 Å². The molecule has 4 rings (SSSR count). The van der Waals surface area contributed by atoms with Crippen molar-refractivity contribution in [3.63, 3.8) is 0 Å². The average molecular weight is 389 g/mol. The number of likely N-dealkylation sites (N-methyl/N-ethyl adjacent to an activating group) is 1. The van der Waals surface area contributed by atoms with Crippen molar-refractivity contribution in [1.29, 1.82) is 0 Å². The maximum absolute atomic E-state index is 10.8. The van der Waals surface area contributed by atoms with Crippen LogP contribution in [0.1, 0.15) is 16.5 Å². The van der Waals surface area contributed by atoms with Crippen LogP contribution >= 0.6 is 11.3 Å². The third-order valence-electron chi connectivity index (χ3n) is 4.98. The van der Waals surface area contributed by atoms with Crippen LogP contribution in [0, 0.1) is 0 Å². The van der Waals surface area contributed by atoms with Crippen LogP contribution in [-0.4, -0.2) is 77.0 Å². The lowest BCUT2D eigenvalue weighted by molar-refractivity contribution is 0.127. The summed E-state index contributed by atoms with van der Waals surface area (Å²) in [5.41, 5.74) is 1.01. The van der Waals surface area contributed by atoms with Crippen LogP contribution in [0.3, 0.4) is 0 Å². The highest BCUT2D eigenvalue weighted by atomic mass is 32.1. The van der Waals surface area contributed by atoms with Crippen molar-refractivity contribution < 1.29 is 14.6 Å². The molecule has 144 valence electrons. The summed E-state index contributed by atoms with van der Waals surface area (Å²) in [4.78, 5) is 10.4. The Labute approximate surface area is 161 Å². The molecule has 1 aliphatic rings. The quantitative estimate of drug-likeness (QED) is 0.714. The molecular weight excluding hydrogens is 366 g/mol. The predicted octanol–water partition coefficient (Wildman–Crippen LogP) is 1.85. The largest absolute Gasteiger partial charge is 0.497 e. The van der Waals surface area contributed by atoms with Gasteiger partial charge in [0.15, 0.2) is 0 Å². The summed E-state index contributed by atoms with van der Waals surface area (Å²) in [6.07, 6.45) is 1.45. The molecule has 3 heterocycles. The van der Waals surface area contributed by atoms with E-state index >= 15 is 0 Å². The Hall–Kier alpha value is -2.36. The third kappa shape index (κ3) is 3.33. The van der Waals surface area contributed by atoms with E-state index in [1.54, 1.807) is 14.2 Å². The summed E-state index contributed by atoms with van der Waals surface area (Å²) in [5, 5.41) is 14.9. The first-order valence-corrected chi connectivity index (χ1v) is 9.59. The molecule has 0 radical (unpaired) electrons. The molecule has 8 nitrogen and oxygen atoms in total. The molecule has 0 saturated carbocycles. The SMILES string of the molecule is COc1cc(OC)cc([C@H](c2sc3ncnn3c2O)N2CCN(C)CC2)c1. The molecular formula is C18H23N5O3S. The second kappa shape index (κ2) is 7.34. The van der Waals surface area contributed by atoms with Crippen LogP contribution in [0.2, 0.25) is 0 Å². The summed E-state index contributed by atoms with van der Waals surface area (Å²) in [5.74, 6) is 1.59. The van der Waals surface area contributed by atoms with Crippen LogP contribution < -0.4 is 9.47 Å². The highest BCUT2D eigenvalue weighted by molar-refractivity contribution is 7.17. The molecule has 0 unspecified atom stereocenters. The van der Waals surface area contributed by atoms with E-state index in [9.17, 15) is 5.11 Å². The van der Waals surface area contributed by atoms with Gasteiger partial charge in [0, 0.05) is 32.2 Å². The Morgan fingerprint density at radius 1 is 1.07 bits per heavy atom. The number of hydrogen-bond acceptors (Lipinski definition) is 8. The van der Waals surface area contributed by atoms with Crippen molar-refractivity contribution in [3.05, 3.63) is 35.0 Å². The van der Waals surface area contributed by atoms with Gasteiger partial charge < -0.3 is 19.5 Å². The summed E-state index contributed by atoms with van der Waals surface area (Å²) in [6, 6.07) is 5.73. The Morgan fingerprint density at radius 2 is 1.74 bits per heavy atom. The van der Waals surface area contributed by atoms with E-state index in [0.29, 0.717) is 4.96 Å². The fourth-order valence-corrected chi connectivity index (χ4v) is 4.56. The zero-order valence-electron chi connectivity index (χ0n) is 15.6. The maximum Gasteiger partial charge on any atom is 0.230 e. The molecule has 9 heteroatoms. The molecule has 0 spiro atoms. The number of piperazine rings is 1. The Kier molecular flexibility index (Phi) is 4.90. The standard InChI is InChI=1S/C18H23N5O3S/c1-21-4-6-22(7-5-21)15(12-8-13(25-2)10-14(9-12)26-3)16-17(24)23-18(27-16)19-11-20-23/h8-11,15,24H,4-7H2,1-3H3/t15-/m1/s1. The van der Waals surface area contributed by atoms with Gasteiger partial charge in [0.1, 0.15) is 17.8 Å². The number of nitrogens with zero attached hydrogens (tertiary/aromatic N) is 5. The molecule has 3 aromatic rings. The zero-order valence-corrected chi connectivity index (χ0v) is 16.4. The van der Waals surface area contributed by atoms with Crippen molar-refractivity contribution in [2.24, 2.45) is 0 Å². The van der Waals surface area contributed by atoms with Crippen molar-refractivity contribution in [3.8, 4) is 17.4 Å². The smallest absolute Gasteiger partial charge is 0.230 e. The number of thiazole rings is 1. The number of aromatic hydroxyl groups is 1. The molecule has 1 aliphatic heterocycles. The molecule has 2 aromatic heterocycles. The fourth-order valence-electron chi connectivity index (χ4n) is 3.47. The van der Waals surface area contributed by atoms with Gasteiger partial charge in [-0.3, -0.25) is 4.90 Å². The van der Waals surface area contributed by atoms with Gasteiger partial charge in [-0.2, -0.15) is 9.61 Å². The van der Waals surface area contributed by atoms with Gasteiger partial charge in [-0.15, -0.1) is 0 Å². The van der Waals surface area contributed by atoms with Crippen LogP contribution in [0.5, 0.6) is 17.4 Å². The number of fused-ring (bicyclic) bond motifs is 1. The second-order valence-electron chi connectivity index (χ2n) is 6.63. The van der Waals surface area contributed by atoms with E-state index in [0.717, 1.165) is 48.1 Å². The normalized spacial score (nSPS) is 17.3. The lowest BCUT2D eigenvalue weighted by atomic mass is 10.0. The van der Waals surface area contributed by atoms with E-state index in [1.165, 1.54) is 22.2 Å². The van der Waals surface area contributed by atoms with E-state index in [1.807, 2.05) is 18.2 Å². The second-order valence-corrected chi connectivity index (χ2v) is 7.64. The number of aromatic nitrogens is 3. The fraction of sp³-hybridized carbons (Fsp3) is 0.444. The number of ether oxygens (including phenoxy) is 2. The van der Waals surface area contributed by atoms with Gasteiger partial charge in [-0.1, -0.05) is 11.3 Å². The summed E-state index contributed by atoms with van der Waals surface area (Å²) in [6.45, 7) is 3.74. The molecule has 1 aromatic carbocycles. The Balaban J connectivity index is 1.83. The Morgan fingerprint density at radius 3 is 2.33 bits per heavy atom. The molecule has 0 aliphatic carbocycles. The van der Waals surface area contributed by atoms with Crippen molar-refractivity contribution in [1.82, 2.24) is 24.4 Å². The van der Waals surface area contributed by atoms with Crippen molar-refractivity contribution in [2.45, 2.75) is 6.04 Å². The molecule has 0 amide bonds. The minimum Gasteiger partial charge on any atom is -0.497 e. The summed E-state index contributed by atoms with van der Waals surface area (Å²) in [7, 11) is 5.41. The number of methoxy groups -OCH3 is 2. The summed E-state index contributed by atoms with van der Waals surface area (Å²) < 4.78 is 12.4. The molecule has 1 N–H and O–H groups in total. The van der Waals surface area contributed by atoms with Gasteiger partial charge in [-0.05, 0) is 24.7 Å². The highest BCUT2D eigenvalue weighted by Gasteiger charge is 2.31. The molecule has 27 heavy (non-hydrogen) atoms. The molecule has 1 atom stereocenters. The number of rotatable bonds is 5. The molecule has 1 saturated heterocycles. The lowest BCUT2D eigenvalue weighted by Crippen LogP contribution is -2.46. The van der Waals surface area contributed by atoms with Gasteiger partial charge in [-0.25, -0.2) is 4.98 Å². The van der Waals surface area contributed by atoms with Crippen LogP contribution in [0.25, 0.3) is 4.96 Å². The van der Waals surface area contributed by atoms with E-state index in [2.05, 4.69) is 26.9 Å². The molecule has 1 fully saturated rings. The topological polar surface area (TPSA) is 75.4 Å².